The number of rotatable bonds is 5. The Morgan fingerprint density at radius 3 is 2.55 bits per heavy atom. The van der Waals surface area contributed by atoms with Gasteiger partial charge in [0.25, 0.3) is 0 Å². The molecule has 152 valence electrons. The van der Waals surface area contributed by atoms with E-state index < -0.39 is 15.8 Å². The molecule has 29 heavy (non-hydrogen) atoms. The summed E-state index contributed by atoms with van der Waals surface area (Å²) >= 11 is 0. The number of piperazine rings is 1. The van der Waals surface area contributed by atoms with Crippen LogP contribution in [0.1, 0.15) is 11.5 Å². The van der Waals surface area contributed by atoms with E-state index in [0.29, 0.717) is 44.4 Å². The minimum atomic E-state index is -3.70. The molecule has 1 aliphatic heterocycles. The summed E-state index contributed by atoms with van der Waals surface area (Å²) in [5.41, 5.74) is 1.99. The molecule has 0 radical (unpaired) electrons. The maximum Gasteiger partial charge on any atom is 0.243 e. The summed E-state index contributed by atoms with van der Waals surface area (Å²) < 4.78 is 45.6. The molecule has 9 heteroatoms. The summed E-state index contributed by atoms with van der Waals surface area (Å²) in [4.78, 5) is 6.51. The molecular weight excluding hydrogens is 395 g/mol. The van der Waals surface area contributed by atoms with Crippen LogP contribution in [0.3, 0.4) is 0 Å². The number of sulfonamides is 1. The quantitative estimate of drug-likeness (QED) is 0.636. The van der Waals surface area contributed by atoms with Crippen molar-refractivity contribution in [2.24, 2.45) is 0 Å². The summed E-state index contributed by atoms with van der Waals surface area (Å²) in [6, 6.07) is 12.9. The van der Waals surface area contributed by atoms with Crippen molar-refractivity contribution in [3.8, 4) is 11.4 Å². The van der Waals surface area contributed by atoms with Crippen molar-refractivity contribution in [3.05, 3.63) is 65.8 Å². The van der Waals surface area contributed by atoms with E-state index in [9.17, 15) is 12.8 Å². The van der Waals surface area contributed by atoms with Gasteiger partial charge in [-0.25, -0.2) is 12.8 Å². The van der Waals surface area contributed by atoms with Crippen molar-refractivity contribution in [2.75, 3.05) is 26.2 Å². The maximum absolute atomic E-state index is 13.4. The monoisotopic (exact) mass is 416 g/mol. The first kappa shape index (κ1) is 19.7. The second-order valence-corrected chi connectivity index (χ2v) is 8.90. The minimum Gasteiger partial charge on any atom is -0.338 e. The van der Waals surface area contributed by atoms with Gasteiger partial charge in [0, 0.05) is 31.7 Å². The molecule has 1 saturated heterocycles. The number of hydrogen-bond donors (Lipinski definition) is 0. The van der Waals surface area contributed by atoms with E-state index in [-0.39, 0.29) is 4.90 Å². The average Bonchev–Trinajstić information content (AvgIpc) is 3.17. The molecule has 0 saturated carbocycles. The largest absolute Gasteiger partial charge is 0.338 e. The zero-order valence-corrected chi connectivity index (χ0v) is 16.8. The first-order valence-corrected chi connectivity index (χ1v) is 10.7. The molecule has 0 unspecified atom stereocenters. The highest BCUT2D eigenvalue weighted by atomic mass is 32.2. The number of halogens is 1. The predicted octanol–water partition coefficient (Wildman–Crippen LogP) is 2.69. The summed E-state index contributed by atoms with van der Waals surface area (Å²) in [6.07, 6.45) is 0. The smallest absolute Gasteiger partial charge is 0.243 e. The zero-order chi connectivity index (χ0) is 20.4. The van der Waals surface area contributed by atoms with Gasteiger partial charge in [0.2, 0.25) is 21.7 Å². The van der Waals surface area contributed by atoms with Crippen LogP contribution in [-0.4, -0.2) is 53.9 Å². The third kappa shape index (κ3) is 4.21. The van der Waals surface area contributed by atoms with Crippen molar-refractivity contribution in [1.29, 1.82) is 0 Å². The predicted molar refractivity (Wildman–Crippen MR) is 105 cm³/mol. The lowest BCUT2D eigenvalue weighted by molar-refractivity contribution is 0.163. The lowest BCUT2D eigenvalue weighted by Crippen LogP contribution is -2.48. The van der Waals surface area contributed by atoms with E-state index >= 15 is 0 Å². The summed E-state index contributed by atoms with van der Waals surface area (Å²) in [5, 5.41) is 4.06. The van der Waals surface area contributed by atoms with Crippen molar-refractivity contribution in [1.82, 2.24) is 19.3 Å². The lowest BCUT2D eigenvalue weighted by Gasteiger charge is -2.33. The number of benzene rings is 2. The number of hydrogen-bond acceptors (Lipinski definition) is 6. The van der Waals surface area contributed by atoms with Gasteiger partial charge in [-0.05, 0) is 30.7 Å². The van der Waals surface area contributed by atoms with E-state index in [4.69, 9.17) is 4.52 Å². The second-order valence-electron chi connectivity index (χ2n) is 6.96. The SMILES string of the molecule is Cc1ccccc1-c1noc(CN2CCN(S(=O)(=O)c3cccc(F)c3)CC2)n1. The molecular formula is C20H21FN4O3S. The highest BCUT2D eigenvalue weighted by Gasteiger charge is 2.29. The van der Waals surface area contributed by atoms with E-state index in [1.165, 1.54) is 22.5 Å². The van der Waals surface area contributed by atoms with Gasteiger partial charge in [0.15, 0.2) is 0 Å². The van der Waals surface area contributed by atoms with E-state index in [2.05, 4.69) is 15.0 Å². The molecule has 2 aromatic carbocycles. The Labute approximate surface area is 168 Å². The van der Waals surface area contributed by atoms with Crippen LogP contribution >= 0.6 is 0 Å². The molecule has 1 fully saturated rings. The van der Waals surface area contributed by atoms with Crippen molar-refractivity contribution in [3.63, 3.8) is 0 Å². The van der Waals surface area contributed by atoms with E-state index in [1.807, 2.05) is 31.2 Å². The van der Waals surface area contributed by atoms with Crippen LogP contribution < -0.4 is 0 Å². The Morgan fingerprint density at radius 1 is 1.07 bits per heavy atom. The van der Waals surface area contributed by atoms with Crippen molar-refractivity contribution < 1.29 is 17.3 Å². The van der Waals surface area contributed by atoms with E-state index in [1.54, 1.807) is 0 Å². The number of nitrogens with zero attached hydrogens (tertiary/aromatic N) is 4. The molecule has 0 bridgehead atoms. The van der Waals surface area contributed by atoms with Crippen LogP contribution in [0.25, 0.3) is 11.4 Å². The Bertz CT molecular complexity index is 1110. The first-order valence-electron chi connectivity index (χ1n) is 9.30. The Morgan fingerprint density at radius 2 is 1.83 bits per heavy atom. The summed E-state index contributed by atoms with van der Waals surface area (Å²) in [5.74, 6) is 0.473. The summed E-state index contributed by atoms with van der Waals surface area (Å²) in [6.45, 7) is 4.12. The molecule has 1 aromatic heterocycles. The standard InChI is InChI=1S/C20H21FN4O3S/c1-15-5-2-3-8-18(15)20-22-19(28-23-20)14-24-9-11-25(12-10-24)29(26,27)17-7-4-6-16(21)13-17/h2-8,13H,9-12,14H2,1H3. The summed E-state index contributed by atoms with van der Waals surface area (Å²) in [7, 11) is -3.70. The van der Waals surface area contributed by atoms with Crippen LogP contribution in [0.15, 0.2) is 57.9 Å². The van der Waals surface area contributed by atoms with Gasteiger partial charge in [0.1, 0.15) is 5.82 Å². The van der Waals surface area contributed by atoms with Crippen LogP contribution in [0.5, 0.6) is 0 Å². The molecule has 7 nitrogen and oxygen atoms in total. The fourth-order valence-electron chi connectivity index (χ4n) is 3.35. The molecule has 0 amide bonds. The fraction of sp³-hybridized carbons (Fsp3) is 0.300. The van der Waals surface area contributed by atoms with Gasteiger partial charge < -0.3 is 4.52 Å². The highest BCUT2D eigenvalue weighted by Crippen LogP contribution is 2.22. The van der Waals surface area contributed by atoms with Gasteiger partial charge in [-0.3, -0.25) is 4.90 Å². The normalized spacial score (nSPS) is 16.2. The molecule has 1 aliphatic rings. The maximum atomic E-state index is 13.4. The molecule has 0 aliphatic carbocycles. The van der Waals surface area contributed by atoms with Crippen molar-refractivity contribution >= 4 is 10.0 Å². The van der Waals surface area contributed by atoms with Gasteiger partial charge >= 0.3 is 0 Å². The van der Waals surface area contributed by atoms with E-state index in [0.717, 1.165) is 17.2 Å². The number of aromatic nitrogens is 2. The molecule has 4 rings (SSSR count). The molecule has 2 heterocycles. The Hall–Kier alpha value is -2.62. The zero-order valence-electron chi connectivity index (χ0n) is 16.0. The van der Waals surface area contributed by atoms with Crippen molar-refractivity contribution in [2.45, 2.75) is 18.4 Å². The van der Waals surface area contributed by atoms with Crippen LogP contribution in [-0.2, 0) is 16.6 Å². The Kier molecular flexibility index (Phi) is 5.44. The molecule has 0 atom stereocenters. The average molecular weight is 416 g/mol. The van der Waals surface area contributed by atoms with Gasteiger partial charge in [-0.1, -0.05) is 35.5 Å². The lowest BCUT2D eigenvalue weighted by atomic mass is 10.1. The number of aryl methyl sites for hydroxylation is 1. The molecule has 0 N–H and O–H groups in total. The second kappa shape index (κ2) is 8.02. The molecule has 0 spiro atoms. The Balaban J connectivity index is 1.39. The third-order valence-corrected chi connectivity index (χ3v) is 6.87. The van der Waals surface area contributed by atoms with Crippen LogP contribution in [0, 0.1) is 12.7 Å². The van der Waals surface area contributed by atoms with Crippen LogP contribution in [0.4, 0.5) is 4.39 Å². The fourth-order valence-corrected chi connectivity index (χ4v) is 4.80. The first-order chi connectivity index (χ1) is 13.9. The van der Waals surface area contributed by atoms with Crippen LogP contribution in [0.2, 0.25) is 0 Å². The van der Waals surface area contributed by atoms with Gasteiger partial charge in [-0.15, -0.1) is 0 Å². The van der Waals surface area contributed by atoms with Gasteiger partial charge in [0.05, 0.1) is 11.4 Å². The third-order valence-electron chi connectivity index (χ3n) is 4.98. The molecule has 3 aromatic rings. The van der Waals surface area contributed by atoms with Gasteiger partial charge in [-0.2, -0.15) is 9.29 Å². The topological polar surface area (TPSA) is 79.5 Å². The highest BCUT2D eigenvalue weighted by molar-refractivity contribution is 7.89. The minimum absolute atomic E-state index is 0.0225.